The van der Waals surface area contributed by atoms with Crippen LogP contribution in [0.15, 0.2) is 77.4 Å². The Balaban J connectivity index is 1.77. The van der Waals surface area contributed by atoms with Crippen molar-refractivity contribution in [1.29, 1.82) is 0 Å². The van der Waals surface area contributed by atoms with Gasteiger partial charge in [-0.1, -0.05) is 42.5 Å². The van der Waals surface area contributed by atoms with E-state index in [0.29, 0.717) is 11.3 Å². The minimum atomic E-state index is -0.113. The zero-order valence-electron chi connectivity index (χ0n) is 13.6. The highest BCUT2D eigenvalue weighted by Crippen LogP contribution is 2.23. The van der Waals surface area contributed by atoms with E-state index in [2.05, 4.69) is 5.10 Å². The summed E-state index contributed by atoms with van der Waals surface area (Å²) in [5, 5.41) is 5.78. The van der Waals surface area contributed by atoms with Gasteiger partial charge in [-0.25, -0.2) is 0 Å². The largest absolute Gasteiger partial charge is 0.497 e. The molecule has 0 saturated heterocycles. The third-order valence-corrected chi connectivity index (χ3v) is 3.73. The number of allylic oxidation sites excluding steroid dienone is 2. The van der Waals surface area contributed by atoms with Crippen LogP contribution in [0.1, 0.15) is 12.5 Å². The van der Waals surface area contributed by atoms with Gasteiger partial charge < -0.3 is 4.74 Å². The number of para-hydroxylation sites is 1. The Labute approximate surface area is 141 Å². The fourth-order valence-corrected chi connectivity index (χ4v) is 2.42. The molecule has 1 amide bonds. The molecule has 0 bridgehead atoms. The molecule has 2 aromatic rings. The summed E-state index contributed by atoms with van der Waals surface area (Å²) in [7, 11) is 1.64. The maximum atomic E-state index is 12.5. The lowest BCUT2D eigenvalue weighted by Crippen LogP contribution is -2.21. The Morgan fingerprint density at radius 1 is 1.04 bits per heavy atom. The SMILES string of the molecule is COc1ccc(/C=C/C=C2/C(=O)N(c3ccccc3)N=C2C)cc1. The van der Waals surface area contributed by atoms with Crippen LogP contribution in [-0.4, -0.2) is 18.7 Å². The summed E-state index contributed by atoms with van der Waals surface area (Å²) in [6.45, 7) is 1.84. The van der Waals surface area contributed by atoms with Gasteiger partial charge in [0.05, 0.1) is 24.1 Å². The molecule has 120 valence electrons. The van der Waals surface area contributed by atoms with Gasteiger partial charge in [-0.15, -0.1) is 0 Å². The van der Waals surface area contributed by atoms with E-state index < -0.39 is 0 Å². The number of nitrogens with zero attached hydrogens (tertiary/aromatic N) is 2. The van der Waals surface area contributed by atoms with Crippen LogP contribution in [-0.2, 0) is 4.79 Å². The quantitative estimate of drug-likeness (QED) is 0.798. The molecule has 2 aromatic carbocycles. The molecule has 0 N–H and O–H groups in total. The first-order valence-electron chi connectivity index (χ1n) is 7.66. The molecule has 0 spiro atoms. The molecule has 0 radical (unpaired) electrons. The summed E-state index contributed by atoms with van der Waals surface area (Å²) >= 11 is 0. The van der Waals surface area contributed by atoms with Gasteiger partial charge in [-0.2, -0.15) is 10.1 Å². The van der Waals surface area contributed by atoms with Gasteiger partial charge in [0.2, 0.25) is 0 Å². The van der Waals surface area contributed by atoms with E-state index in [0.717, 1.165) is 17.0 Å². The second-order valence-corrected chi connectivity index (χ2v) is 5.35. The van der Waals surface area contributed by atoms with Gasteiger partial charge in [-0.3, -0.25) is 4.79 Å². The van der Waals surface area contributed by atoms with Gasteiger partial charge >= 0.3 is 0 Å². The summed E-state index contributed by atoms with van der Waals surface area (Å²) in [4.78, 5) is 12.5. The summed E-state index contributed by atoms with van der Waals surface area (Å²) in [6, 6.07) is 17.1. The summed E-state index contributed by atoms with van der Waals surface area (Å²) < 4.78 is 5.13. The molecule has 0 unspecified atom stereocenters. The smallest absolute Gasteiger partial charge is 0.280 e. The molecule has 0 fully saturated rings. The van der Waals surface area contributed by atoms with Crippen LogP contribution < -0.4 is 9.75 Å². The number of hydrazone groups is 1. The van der Waals surface area contributed by atoms with Crippen LogP contribution in [0.3, 0.4) is 0 Å². The summed E-state index contributed by atoms with van der Waals surface area (Å²) in [5.41, 5.74) is 3.11. The highest BCUT2D eigenvalue weighted by Gasteiger charge is 2.27. The van der Waals surface area contributed by atoms with Crippen molar-refractivity contribution in [2.24, 2.45) is 5.10 Å². The number of methoxy groups -OCH3 is 1. The average molecular weight is 318 g/mol. The fraction of sp³-hybridized carbons (Fsp3) is 0.100. The molecule has 0 atom stereocenters. The van der Waals surface area contributed by atoms with Crippen LogP contribution in [0.5, 0.6) is 5.75 Å². The van der Waals surface area contributed by atoms with Crippen molar-refractivity contribution in [3.63, 3.8) is 0 Å². The third kappa shape index (κ3) is 3.27. The van der Waals surface area contributed by atoms with Gasteiger partial charge in [-0.05, 0) is 42.8 Å². The highest BCUT2D eigenvalue weighted by atomic mass is 16.5. The molecule has 1 aliphatic rings. The topological polar surface area (TPSA) is 41.9 Å². The lowest BCUT2D eigenvalue weighted by molar-refractivity contribution is -0.114. The van der Waals surface area contributed by atoms with Gasteiger partial charge in [0.1, 0.15) is 5.75 Å². The van der Waals surface area contributed by atoms with Crippen LogP contribution in [0.2, 0.25) is 0 Å². The number of rotatable bonds is 4. The monoisotopic (exact) mass is 318 g/mol. The molecule has 4 nitrogen and oxygen atoms in total. The first-order chi connectivity index (χ1) is 11.7. The molecule has 0 aromatic heterocycles. The van der Waals surface area contributed by atoms with Crippen molar-refractivity contribution >= 4 is 23.4 Å². The predicted molar refractivity (Wildman–Crippen MR) is 97.1 cm³/mol. The van der Waals surface area contributed by atoms with Crippen molar-refractivity contribution in [2.75, 3.05) is 12.1 Å². The molecule has 0 aliphatic carbocycles. The number of carbonyl (C=O) groups is 1. The predicted octanol–water partition coefficient (Wildman–Crippen LogP) is 4.06. The van der Waals surface area contributed by atoms with E-state index in [1.54, 1.807) is 13.2 Å². The van der Waals surface area contributed by atoms with Crippen molar-refractivity contribution in [2.45, 2.75) is 6.92 Å². The number of hydrogen-bond acceptors (Lipinski definition) is 3. The molecular formula is C20H18N2O2. The molecular weight excluding hydrogens is 300 g/mol. The Kier molecular flexibility index (Phi) is 4.57. The lowest BCUT2D eigenvalue weighted by atomic mass is 10.1. The molecule has 1 aliphatic heterocycles. The number of benzene rings is 2. The molecule has 1 heterocycles. The Bertz CT molecular complexity index is 818. The minimum absolute atomic E-state index is 0.113. The fourth-order valence-electron chi connectivity index (χ4n) is 2.42. The maximum absolute atomic E-state index is 12.5. The van der Waals surface area contributed by atoms with Crippen LogP contribution >= 0.6 is 0 Å². The lowest BCUT2D eigenvalue weighted by Gasteiger charge is -2.10. The van der Waals surface area contributed by atoms with E-state index in [1.165, 1.54) is 5.01 Å². The van der Waals surface area contributed by atoms with Crippen molar-refractivity contribution in [3.05, 3.63) is 77.9 Å². The minimum Gasteiger partial charge on any atom is -0.497 e. The third-order valence-electron chi connectivity index (χ3n) is 3.73. The zero-order valence-corrected chi connectivity index (χ0v) is 13.6. The molecule has 4 heteroatoms. The Hall–Kier alpha value is -3.14. The first-order valence-corrected chi connectivity index (χ1v) is 7.66. The molecule has 3 rings (SSSR count). The average Bonchev–Trinajstić information content (AvgIpc) is 2.91. The van der Waals surface area contributed by atoms with Crippen LogP contribution in [0.25, 0.3) is 6.08 Å². The first kappa shape index (κ1) is 15.7. The highest BCUT2D eigenvalue weighted by molar-refractivity contribution is 6.29. The second-order valence-electron chi connectivity index (χ2n) is 5.35. The van der Waals surface area contributed by atoms with E-state index in [-0.39, 0.29) is 5.91 Å². The van der Waals surface area contributed by atoms with Crippen LogP contribution in [0.4, 0.5) is 5.69 Å². The van der Waals surface area contributed by atoms with E-state index in [4.69, 9.17) is 4.74 Å². The normalized spacial score (nSPS) is 16.1. The number of carbonyl (C=O) groups excluding carboxylic acids is 1. The van der Waals surface area contributed by atoms with Gasteiger partial charge in [0, 0.05) is 0 Å². The van der Waals surface area contributed by atoms with E-state index >= 15 is 0 Å². The molecule has 0 saturated carbocycles. The summed E-state index contributed by atoms with van der Waals surface area (Å²) in [5.74, 6) is 0.705. The van der Waals surface area contributed by atoms with Crippen molar-refractivity contribution < 1.29 is 9.53 Å². The van der Waals surface area contributed by atoms with Gasteiger partial charge in [0.25, 0.3) is 5.91 Å². The van der Waals surface area contributed by atoms with E-state index in [9.17, 15) is 4.79 Å². The number of hydrogen-bond donors (Lipinski definition) is 0. The number of anilines is 1. The van der Waals surface area contributed by atoms with Crippen LogP contribution in [0, 0.1) is 0 Å². The van der Waals surface area contributed by atoms with Gasteiger partial charge in [0.15, 0.2) is 0 Å². The Morgan fingerprint density at radius 3 is 2.42 bits per heavy atom. The number of ether oxygens (including phenoxy) is 1. The van der Waals surface area contributed by atoms with Crippen molar-refractivity contribution in [3.8, 4) is 5.75 Å². The number of amides is 1. The standard InChI is InChI=1S/C20H18N2O2/c1-15-19(10-6-7-16-11-13-18(24-2)14-12-16)20(23)22(21-15)17-8-4-3-5-9-17/h3-14H,1-2H3/b7-6+,19-10+. The Morgan fingerprint density at radius 2 is 1.75 bits per heavy atom. The van der Waals surface area contributed by atoms with Crippen molar-refractivity contribution in [1.82, 2.24) is 0 Å². The second kappa shape index (κ2) is 6.96. The maximum Gasteiger partial charge on any atom is 0.280 e. The molecule has 24 heavy (non-hydrogen) atoms. The summed E-state index contributed by atoms with van der Waals surface area (Å²) in [6.07, 6.45) is 5.61. The van der Waals surface area contributed by atoms with E-state index in [1.807, 2.05) is 73.7 Å². The zero-order chi connectivity index (χ0) is 16.9.